The molecule has 1 aliphatic heterocycles. The van der Waals surface area contributed by atoms with E-state index in [9.17, 15) is 0 Å². The third kappa shape index (κ3) is 3.12. The van der Waals surface area contributed by atoms with Crippen molar-refractivity contribution in [3.05, 3.63) is 54.2 Å². The molecule has 1 aromatic heterocycles. The van der Waals surface area contributed by atoms with Crippen LogP contribution in [0.4, 0.5) is 0 Å². The van der Waals surface area contributed by atoms with E-state index in [4.69, 9.17) is 13.9 Å². The van der Waals surface area contributed by atoms with Crippen molar-refractivity contribution < 1.29 is 13.9 Å². The van der Waals surface area contributed by atoms with Gasteiger partial charge in [-0.3, -0.25) is 0 Å². The Bertz CT molecular complexity index is 824. The minimum Gasteiger partial charge on any atom is -0.481 e. The second kappa shape index (κ2) is 6.61. The van der Waals surface area contributed by atoms with Gasteiger partial charge >= 0.3 is 0 Å². The van der Waals surface area contributed by atoms with E-state index in [1.807, 2.05) is 37.3 Å². The Kier molecular flexibility index (Phi) is 4.17. The van der Waals surface area contributed by atoms with Crippen molar-refractivity contribution in [3.63, 3.8) is 0 Å². The average Bonchev–Trinajstić information content (AvgIpc) is 3.13. The van der Waals surface area contributed by atoms with Gasteiger partial charge in [0.25, 0.3) is 5.89 Å². The molecule has 5 nitrogen and oxygen atoms in total. The number of ether oxygens (including phenoxy) is 2. The van der Waals surface area contributed by atoms with E-state index in [0.717, 1.165) is 37.0 Å². The van der Waals surface area contributed by atoms with E-state index < -0.39 is 0 Å². The number of fused-ring (bicyclic) bond motifs is 1. The molecule has 0 aliphatic carbocycles. The Morgan fingerprint density at radius 2 is 1.96 bits per heavy atom. The highest BCUT2D eigenvalue weighted by atomic mass is 16.5. The Balaban J connectivity index is 1.48. The highest BCUT2D eigenvalue weighted by molar-refractivity contribution is 5.83. The molecule has 2 aromatic carbocycles. The summed E-state index contributed by atoms with van der Waals surface area (Å²) in [7, 11) is 0. The smallest absolute Gasteiger partial charge is 0.256 e. The molecule has 124 valence electrons. The van der Waals surface area contributed by atoms with Gasteiger partial charge in [0.05, 0.1) is 0 Å². The van der Waals surface area contributed by atoms with Crippen LogP contribution in [-0.4, -0.2) is 16.8 Å². The average molecular weight is 324 g/mol. The first-order valence-electron chi connectivity index (χ1n) is 8.40. The van der Waals surface area contributed by atoms with Crippen LogP contribution >= 0.6 is 0 Å². The maximum absolute atomic E-state index is 5.97. The molecule has 0 saturated carbocycles. The summed E-state index contributed by atoms with van der Waals surface area (Å²) in [5, 5.41) is 10.6. The number of rotatable bonds is 4. The quantitative estimate of drug-likeness (QED) is 0.701. The molecule has 4 rings (SSSR count). The van der Waals surface area contributed by atoms with Gasteiger partial charge in [0.15, 0.2) is 6.10 Å². The fourth-order valence-electron chi connectivity index (χ4n) is 2.97. The zero-order valence-corrected chi connectivity index (χ0v) is 13.6. The highest BCUT2D eigenvalue weighted by Crippen LogP contribution is 2.29. The second-order valence-electron chi connectivity index (χ2n) is 6.10. The fourth-order valence-corrected chi connectivity index (χ4v) is 2.97. The van der Waals surface area contributed by atoms with Crippen molar-refractivity contribution in [2.75, 3.05) is 6.61 Å². The molecule has 2 atom stereocenters. The summed E-state index contributed by atoms with van der Waals surface area (Å²) in [4.78, 5) is 0. The van der Waals surface area contributed by atoms with Gasteiger partial charge in [-0.25, -0.2) is 0 Å². The largest absolute Gasteiger partial charge is 0.481 e. The van der Waals surface area contributed by atoms with Crippen LogP contribution in [0.1, 0.15) is 50.2 Å². The molecule has 0 bridgehead atoms. The summed E-state index contributed by atoms with van der Waals surface area (Å²) in [5.41, 5.74) is 0. The second-order valence-corrected chi connectivity index (χ2v) is 6.10. The van der Waals surface area contributed by atoms with Crippen molar-refractivity contribution in [3.8, 4) is 5.75 Å². The van der Waals surface area contributed by atoms with Crippen molar-refractivity contribution in [2.45, 2.75) is 38.4 Å². The molecule has 2 heterocycles. The number of aromatic nitrogens is 2. The van der Waals surface area contributed by atoms with E-state index in [1.165, 1.54) is 5.39 Å². The number of nitrogens with zero attached hydrogens (tertiary/aromatic N) is 2. The van der Waals surface area contributed by atoms with Gasteiger partial charge in [0, 0.05) is 6.61 Å². The Labute approximate surface area is 140 Å². The first kappa shape index (κ1) is 15.1. The van der Waals surface area contributed by atoms with Gasteiger partial charge in [-0.05, 0) is 49.1 Å². The fraction of sp³-hybridized carbons (Fsp3) is 0.368. The van der Waals surface area contributed by atoms with Crippen LogP contribution in [0.2, 0.25) is 0 Å². The van der Waals surface area contributed by atoms with Gasteiger partial charge in [-0.2, -0.15) is 0 Å². The van der Waals surface area contributed by atoms with Crippen molar-refractivity contribution in [2.24, 2.45) is 0 Å². The molecule has 1 saturated heterocycles. The Morgan fingerprint density at radius 3 is 2.79 bits per heavy atom. The molecular formula is C19H20N2O3. The number of hydrogen-bond donors (Lipinski definition) is 0. The van der Waals surface area contributed by atoms with Crippen LogP contribution in [0.5, 0.6) is 5.75 Å². The SMILES string of the molecule is C[C@@H](Oc1ccc2ccccc2c1)c1nnc([C@@H]2CCCCO2)o1. The summed E-state index contributed by atoms with van der Waals surface area (Å²) in [5.74, 6) is 1.82. The van der Waals surface area contributed by atoms with Crippen LogP contribution in [0, 0.1) is 0 Å². The summed E-state index contributed by atoms with van der Waals surface area (Å²) >= 11 is 0. The van der Waals surface area contributed by atoms with E-state index in [-0.39, 0.29) is 12.2 Å². The van der Waals surface area contributed by atoms with Gasteiger partial charge in [-0.15, -0.1) is 10.2 Å². The molecule has 5 heteroatoms. The van der Waals surface area contributed by atoms with Crippen LogP contribution in [-0.2, 0) is 4.74 Å². The van der Waals surface area contributed by atoms with Crippen molar-refractivity contribution >= 4 is 10.8 Å². The molecule has 0 amide bonds. The minimum atomic E-state index is -0.309. The third-order valence-corrected chi connectivity index (χ3v) is 4.29. The van der Waals surface area contributed by atoms with E-state index in [0.29, 0.717) is 11.8 Å². The summed E-state index contributed by atoms with van der Waals surface area (Å²) in [6.07, 6.45) is 2.77. The van der Waals surface area contributed by atoms with Crippen molar-refractivity contribution in [1.29, 1.82) is 0 Å². The van der Waals surface area contributed by atoms with Gasteiger partial charge < -0.3 is 13.9 Å². The predicted octanol–water partition coefficient (Wildman–Crippen LogP) is 4.60. The molecule has 3 aromatic rings. The first-order valence-corrected chi connectivity index (χ1v) is 8.40. The topological polar surface area (TPSA) is 57.4 Å². The lowest BCUT2D eigenvalue weighted by Gasteiger charge is -2.19. The molecule has 1 aliphatic rings. The van der Waals surface area contributed by atoms with E-state index >= 15 is 0 Å². The maximum atomic E-state index is 5.97. The maximum Gasteiger partial charge on any atom is 0.256 e. The molecule has 0 unspecified atom stereocenters. The van der Waals surface area contributed by atoms with E-state index in [2.05, 4.69) is 22.3 Å². The highest BCUT2D eigenvalue weighted by Gasteiger charge is 2.24. The number of hydrogen-bond acceptors (Lipinski definition) is 5. The van der Waals surface area contributed by atoms with Crippen LogP contribution in [0.25, 0.3) is 10.8 Å². The van der Waals surface area contributed by atoms with Crippen LogP contribution in [0.3, 0.4) is 0 Å². The molecular weight excluding hydrogens is 304 g/mol. The first-order chi connectivity index (χ1) is 11.8. The lowest BCUT2D eigenvalue weighted by molar-refractivity contribution is -0.00311. The van der Waals surface area contributed by atoms with Gasteiger partial charge in [0.2, 0.25) is 5.89 Å². The molecule has 1 fully saturated rings. The normalized spacial score (nSPS) is 19.3. The zero-order valence-electron chi connectivity index (χ0n) is 13.6. The molecule has 0 radical (unpaired) electrons. The summed E-state index contributed by atoms with van der Waals surface area (Å²) in [6, 6.07) is 14.2. The Hall–Kier alpha value is -2.40. The zero-order chi connectivity index (χ0) is 16.4. The summed E-state index contributed by atoms with van der Waals surface area (Å²) < 4.78 is 17.4. The summed E-state index contributed by atoms with van der Waals surface area (Å²) in [6.45, 7) is 2.67. The van der Waals surface area contributed by atoms with E-state index in [1.54, 1.807) is 0 Å². The molecule has 0 spiro atoms. The lowest BCUT2D eigenvalue weighted by atomic mass is 10.1. The molecule has 24 heavy (non-hydrogen) atoms. The standard InChI is InChI=1S/C19H20N2O3/c1-13(18-20-21-19(24-18)17-8-4-5-11-22-17)23-16-10-9-14-6-2-3-7-15(14)12-16/h2-3,6-7,9-10,12-13,17H,4-5,8,11H2,1H3/t13-,17+/m1/s1. The number of benzene rings is 2. The van der Waals surface area contributed by atoms with Crippen molar-refractivity contribution in [1.82, 2.24) is 10.2 Å². The Morgan fingerprint density at radius 1 is 1.08 bits per heavy atom. The van der Waals surface area contributed by atoms with Crippen LogP contribution in [0.15, 0.2) is 46.9 Å². The van der Waals surface area contributed by atoms with Gasteiger partial charge in [-0.1, -0.05) is 30.3 Å². The van der Waals surface area contributed by atoms with Gasteiger partial charge in [0.1, 0.15) is 11.9 Å². The molecule has 0 N–H and O–H groups in total. The third-order valence-electron chi connectivity index (χ3n) is 4.29. The monoisotopic (exact) mass is 324 g/mol. The lowest BCUT2D eigenvalue weighted by Crippen LogP contribution is -2.11. The predicted molar refractivity (Wildman–Crippen MR) is 89.8 cm³/mol. The minimum absolute atomic E-state index is 0.0760. The van der Waals surface area contributed by atoms with Crippen LogP contribution < -0.4 is 4.74 Å².